The van der Waals surface area contributed by atoms with Crippen LogP contribution in [0, 0.1) is 6.92 Å². The largest absolute Gasteiger partial charge is 0.423 e. The third-order valence-electron chi connectivity index (χ3n) is 2.22. The van der Waals surface area contributed by atoms with Crippen molar-refractivity contribution in [2.24, 2.45) is 0 Å². The molecule has 2 aromatic rings. The summed E-state index contributed by atoms with van der Waals surface area (Å²) in [5, 5.41) is 1.78. The molecule has 2 rings (SSSR count). The average Bonchev–Trinajstić information content (AvgIpc) is 2.16. The van der Waals surface area contributed by atoms with Crippen LogP contribution in [0.3, 0.4) is 0 Å². The Morgan fingerprint density at radius 3 is 2.86 bits per heavy atom. The number of halogens is 1. The van der Waals surface area contributed by atoms with Crippen LogP contribution in [-0.2, 0) is 5.33 Å². The summed E-state index contributed by atoms with van der Waals surface area (Å²) in [6.07, 6.45) is 0. The zero-order valence-electron chi connectivity index (χ0n) is 7.71. The molecule has 1 heterocycles. The van der Waals surface area contributed by atoms with E-state index in [2.05, 4.69) is 15.9 Å². The minimum atomic E-state index is -0.302. The third kappa shape index (κ3) is 1.60. The predicted octanol–water partition coefficient (Wildman–Crippen LogP) is 3.00. The van der Waals surface area contributed by atoms with Crippen LogP contribution in [0.25, 0.3) is 11.0 Å². The summed E-state index contributed by atoms with van der Waals surface area (Å²) in [4.78, 5) is 11.0. The first kappa shape index (κ1) is 9.46. The monoisotopic (exact) mass is 252 g/mol. The fourth-order valence-electron chi connectivity index (χ4n) is 1.41. The second-order valence-corrected chi connectivity index (χ2v) is 3.77. The molecule has 0 fully saturated rings. The first-order valence-corrected chi connectivity index (χ1v) is 5.42. The molecule has 0 saturated heterocycles. The van der Waals surface area contributed by atoms with Crippen LogP contribution >= 0.6 is 15.9 Å². The highest BCUT2D eigenvalue weighted by Crippen LogP contribution is 2.20. The van der Waals surface area contributed by atoms with E-state index < -0.39 is 0 Å². The molecule has 72 valence electrons. The van der Waals surface area contributed by atoms with Gasteiger partial charge in [-0.05, 0) is 36.2 Å². The highest BCUT2D eigenvalue weighted by atomic mass is 79.9. The van der Waals surface area contributed by atoms with E-state index in [-0.39, 0.29) is 5.63 Å². The summed E-state index contributed by atoms with van der Waals surface area (Å²) >= 11 is 3.42. The summed E-state index contributed by atoms with van der Waals surface area (Å²) < 4.78 is 5.07. The molecule has 0 radical (unpaired) electrons. The Balaban J connectivity index is 2.79. The Bertz CT molecular complexity index is 528. The first-order chi connectivity index (χ1) is 6.70. The number of benzene rings is 1. The zero-order chi connectivity index (χ0) is 10.1. The Kier molecular flexibility index (Phi) is 2.42. The Morgan fingerprint density at radius 2 is 2.14 bits per heavy atom. The van der Waals surface area contributed by atoms with Crippen molar-refractivity contribution < 1.29 is 4.42 Å². The molecule has 0 unspecified atom stereocenters. The molecule has 3 heteroatoms. The maximum atomic E-state index is 11.0. The topological polar surface area (TPSA) is 30.2 Å². The molecule has 14 heavy (non-hydrogen) atoms. The first-order valence-electron chi connectivity index (χ1n) is 4.30. The number of hydrogen-bond donors (Lipinski definition) is 0. The highest BCUT2D eigenvalue weighted by Gasteiger charge is 2.02. The molecule has 1 aromatic heterocycles. The van der Waals surface area contributed by atoms with Gasteiger partial charge in [0.1, 0.15) is 5.58 Å². The van der Waals surface area contributed by atoms with Gasteiger partial charge in [0.15, 0.2) is 0 Å². The van der Waals surface area contributed by atoms with Gasteiger partial charge in [-0.2, -0.15) is 0 Å². The minimum absolute atomic E-state index is 0.302. The maximum absolute atomic E-state index is 11.0. The van der Waals surface area contributed by atoms with Gasteiger partial charge < -0.3 is 4.42 Å². The molecular formula is C11H9BrO2. The molecule has 1 aromatic carbocycles. The van der Waals surface area contributed by atoms with Crippen molar-refractivity contribution in [2.45, 2.75) is 12.3 Å². The van der Waals surface area contributed by atoms with E-state index >= 15 is 0 Å². The van der Waals surface area contributed by atoms with Crippen LogP contribution in [0.4, 0.5) is 0 Å². The third-order valence-corrected chi connectivity index (χ3v) is 2.83. The number of fused-ring (bicyclic) bond motifs is 1. The number of aryl methyl sites for hydroxylation is 1. The number of rotatable bonds is 1. The van der Waals surface area contributed by atoms with Gasteiger partial charge in [0, 0.05) is 16.8 Å². The molecule has 0 bridgehead atoms. The van der Waals surface area contributed by atoms with Crippen molar-refractivity contribution in [3.63, 3.8) is 0 Å². The summed E-state index contributed by atoms with van der Waals surface area (Å²) in [5.74, 6) is 0. The van der Waals surface area contributed by atoms with E-state index in [0.717, 1.165) is 16.3 Å². The molecular weight excluding hydrogens is 244 g/mol. The Labute approximate surface area is 89.7 Å². The van der Waals surface area contributed by atoms with Gasteiger partial charge in [0.2, 0.25) is 0 Å². The van der Waals surface area contributed by atoms with E-state index in [1.165, 1.54) is 11.6 Å². The van der Waals surface area contributed by atoms with E-state index in [1.807, 2.05) is 19.1 Å². The highest BCUT2D eigenvalue weighted by molar-refractivity contribution is 9.08. The fourth-order valence-corrected chi connectivity index (χ4v) is 2.01. The van der Waals surface area contributed by atoms with Crippen molar-refractivity contribution in [3.05, 3.63) is 45.8 Å². The smallest absolute Gasteiger partial charge is 0.336 e. The van der Waals surface area contributed by atoms with Crippen LogP contribution in [0.1, 0.15) is 11.1 Å². The lowest BCUT2D eigenvalue weighted by atomic mass is 10.1. The average molecular weight is 253 g/mol. The molecule has 0 aliphatic rings. The lowest BCUT2D eigenvalue weighted by Gasteiger charge is -2.03. The molecule has 0 spiro atoms. The van der Waals surface area contributed by atoms with Gasteiger partial charge in [-0.3, -0.25) is 0 Å². The van der Waals surface area contributed by atoms with Crippen molar-refractivity contribution in [3.8, 4) is 0 Å². The van der Waals surface area contributed by atoms with Crippen LogP contribution in [-0.4, -0.2) is 0 Å². The number of alkyl halides is 1. The van der Waals surface area contributed by atoms with E-state index in [1.54, 1.807) is 6.07 Å². The standard InChI is InChI=1S/C11H9BrO2/c1-7-4-10-8(5-9(7)6-12)2-3-11(13)14-10/h2-5H,6H2,1H3. The predicted molar refractivity (Wildman–Crippen MR) is 59.9 cm³/mol. The minimum Gasteiger partial charge on any atom is -0.423 e. The van der Waals surface area contributed by atoms with E-state index in [0.29, 0.717) is 5.58 Å². The molecule has 0 aliphatic heterocycles. The molecule has 0 aliphatic carbocycles. The Hall–Kier alpha value is -1.09. The van der Waals surface area contributed by atoms with Crippen molar-refractivity contribution >= 4 is 26.9 Å². The second kappa shape index (κ2) is 3.58. The summed E-state index contributed by atoms with van der Waals surface area (Å²) in [7, 11) is 0. The van der Waals surface area contributed by atoms with Gasteiger partial charge in [-0.15, -0.1) is 0 Å². The number of hydrogen-bond acceptors (Lipinski definition) is 2. The lowest BCUT2D eigenvalue weighted by molar-refractivity contribution is 0.560. The fraction of sp³-hybridized carbons (Fsp3) is 0.182. The summed E-state index contributed by atoms with van der Waals surface area (Å²) in [6.45, 7) is 2.00. The van der Waals surface area contributed by atoms with Crippen molar-refractivity contribution in [2.75, 3.05) is 0 Å². The van der Waals surface area contributed by atoms with Crippen LogP contribution in [0.15, 0.2) is 33.5 Å². The zero-order valence-corrected chi connectivity index (χ0v) is 9.30. The summed E-state index contributed by atoms with van der Waals surface area (Å²) in [6, 6.07) is 7.15. The molecule has 0 saturated carbocycles. The summed E-state index contributed by atoms with van der Waals surface area (Å²) in [5.41, 5.74) is 2.69. The molecule has 2 nitrogen and oxygen atoms in total. The lowest BCUT2D eigenvalue weighted by Crippen LogP contribution is -1.95. The molecule has 0 atom stereocenters. The van der Waals surface area contributed by atoms with Crippen LogP contribution < -0.4 is 5.63 Å². The van der Waals surface area contributed by atoms with Gasteiger partial charge in [-0.25, -0.2) is 4.79 Å². The quantitative estimate of drug-likeness (QED) is 0.577. The normalized spacial score (nSPS) is 10.7. The molecule has 0 amide bonds. The molecule has 0 N–H and O–H groups in total. The van der Waals surface area contributed by atoms with Crippen molar-refractivity contribution in [1.29, 1.82) is 0 Å². The van der Waals surface area contributed by atoms with Crippen molar-refractivity contribution in [1.82, 2.24) is 0 Å². The second-order valence-electron chi connectivity index (χ2n) is 3.20. The maximum Gasteiger partial charge on any atom is 0.336 e. The van der Waals surface area contributed by atoms with Gasteiger partial charge in [-0.1, -0.05) is 15.9 Å². The van der Waals surface area contributed by atoms with Crippen LogP contribution in [0.2, 0.25) is 0 Å². The van der Waals surface area contributed by atoms with Gasteiger partial charge in [0.25, 0.3) is 0 Å². The SMILES string of the molecule is Cc1cc2oc(=O)ccc2cc1CBr. The van der Waals surface area contributed by atoms with Crippen LogP contribution in [0.5, 0.6) is 0 Å². The van der Waals surface area contributed by atoms with Gasteiger partial charge in [0.05, 0.1) is 0 Å². The van der Waals surface area contributed by atoms with E-state index in [9.17, 15) is 4.79 Å². The van der Waals surface area contributed by atoms with Gasteiger partial charge >= 0.3 is 5.63 Å². The van der Waals surface area contributed by atoms with E-state index in [4.69, 9.17) is 4.42 Å². The Morgan fingerprint density at radius 1 is 1.36 bits per heavy atom.